The van der Waals surface area contributed by atoms with E-state index in [9.17, 15) is 14.4 Å². The van der Waals surface area contributed by atoms with E-state index in [4.69, 9.17) is 4.74 Å². The quantitative estimate of drug-likeness (QED) is 0.740. The smallest absolute Gasteiger partial charge is 0.313 e. The summed E-state index contributed by atoms with van der Waals surface area (Å²) in [5, 5.41) is 0. The first-order valence-electron chi connectivity index (χ1n) is 10.6. The van der Waals surface area contributed by atoms with Crippen molar-refractivity contribution in [2.24, 2.45) is 5.41 Å². The number of likely N-dealkylation sites (tertiary alicyclic amines) is 1. The van der Waals surface area contributed by atoms with E-state index in [-0.39, 0.29) is 29.5 Å². The molecule has 6 heteroatoms. The number of hydrogen-bond donors (Lipinski definition) is 1. The first-order chi connectivity index (χ1) is 14.4. The summed E-state index contributed by atoms with van der Waals surface area (Å²) in [7, 11) is 0. The first kappa shape index (κ1) is 21.8. The van der Waals surface area contributed by atoms with Gasteiger partial charge < -0.3 is 14.6 Å². The second kappa shape index (κ2) is 9.28. The molecular weight excluding hydrogens is 380 g/mol. The van der Waals surface area contributed by atoms with Gasteiger partial charge in [-0.15, -0.1) is 0 Å². The lowest BCUT2D eigenvalue weighted by Crippen LogP contribution is -2.51. The van der Waals surface area contributed by atoms with Gasteiger partial charge in [-0.1, -0.05) is 30.3 Å². The number of hydrogen-bond acceptors (Lipinski definition) is 4. The van der Waals surface area contributed by atoms with E-state index in [0.29, 0.717) is 38.0 Å². The molecule has 3 rings (SSSR count). The summed E-state index contributed by atoms with van der Waals surface area (Å²) in [5.41, 5.74) is 1.53. The molecule has 0 unspecified atom stereocenters. The van der Waals surface area contributed by atoms with E-state index in [1.165, 1.54) is 0 Å². The highest BCUT2D eigenvalue weighted by atomic mass is 16.5. The Morgan fingerprint density at radius 1 is 1.20 bits per heavy atom. The number of amides is 1. The lowest BCUT2D eigenvalue weighted by molar-refractivity contribution is -0.159. The van der Waals surface area contributed by atoms with Gasteiger partial charge in [0.2, 0.25) is 0 Å². The summed E-state index contributed by atoms with van der Waals surface area (Å²) in [6, 6.07) is 11.8. The van der Waals surface area contributed by atoms with Crippen LogP contribution in [0.2, 0.25) is 0 Å². The number of esters is 1. The number of piperidine rings is 1. The molecule has 160 valence electrons. The van der Waals surface area contributed by atoms with E-state index >= 15 is 0 Å². The molecule has 30 heavy (non-hydrogen) atoms. The van der Waals surface area contributed by atoms with Crippen molar-refractivity contribution in [3.63, 3.8) is 0 Å². The largest absolute Gasteiger partial charge is 0.466 e. The lowest BCUT2D eigenvalue weighted by Gasteiger charge is -2.41. The number of aromatic amines is 1. The predicted molar refractivity (Wildman–Crippen MR) is 116 cm³/mol. The van der Waals surface area contributed by atoms with Crippen molar-refractivity contribution in [1.29, 1.82) is 0 Å². The molecule has 0 radical (unpaired) electrons. The Labute approximate surface area is 177 Å². The van der Waals surface area contributed by atoms with Crippen LogP contribution in [0.3, 0.4) is 0 Å². The summed E-state index contributed by atoms with van der Waals surface area (Å²) < 4.78 is 5.43. The number of carbonyl (C=O) groups is 2. The van der Waals surface area contributed by atoms with Crippen LogP contribution in [-0.2, 0) is 16.0 Å². The van der Waals surface area contributed by atoms with Crippen LogP contribution >= 0.6 is 0 Å². The normalized spacial score (nSPS) is 18.8. The highest BCUT2D eigenvalue weighted by molar-refractivity contribution is 5.95. The van der Waals surface area contributed by atoms with Crippen molar-refractivity contribution >= 4 is 11.9 Å². The number of pyridine rings is 1. The van der Waals surface area contributed by atoms with E-state index in [1.807, 2.05) is 30.3 Å². The van der Waals surface area contributed by atoms with Gasteiger partial charge in [-0.2, -0.15) is 0 Å². The molecule has 2 aromatic rings. The molecule has 1 amide bonds. The zero-order chi connectivity index (χ0) is 21.7. The van der Waals surface area contributed by atoms with Crippen molar-refractivity contribution in [3.8, 4) is 0 Å². The zero-order valence-electron chi connectivity index (χ0n) is 18.0. The Hall–Kier alpha value is -2.89. The molecular formula is C24H30N2O4. The maximum Gasteiger partial charge on any atom is 0.313 e. The molecule has 0 aliphatic carbocycles. The molecule has 1 aromatic carbocycles. The summed E-state index contributed by atoms with van der Waals surface area (Å²) in [6.45, 7) is 6.45. The minimum atomic E-state index is -0.759. The Morgan fingerprint density at radius 3 is 2.60 bits per heavy atom. The van der Waals surface area contributed by atoms with Crippen LogP contribution in [0.5, 0.6) is 0 Å². The van der Waals surface area contributed by atoms with Crippen LogP contribution in [0.25, 0.3) is 0 Å². The number of benzene rings is 1. The van der Waals surface area contributed by atoms with Crippen LogP contribution in [0.4, 0.5) is 0 Å². The molecule has 1 aliphatic heterocycles. The molecule has 6 nitrogen and oxygen atoms in total. The third-order valence-electron chi connectivity index (χ3n) is 5.89. The Morgan fingerprint density at radius 2 is 1.93 bits per heavy atom. The van der Waals surface area contributed by atoms with E-state index in [0.717, 1.165) is 17.7 Å². The monoisotopic (exact) mass is 410 g/mol. The third-order valence-corrected chi connectivity index (χ3v) is 5.89. The van der Waals surface area contributed by atoms with Gasteiger partial charge >= 0.3 is 5.97 Å². The Kier molecular flexibility index (Phi) is 6.75. The standard InChI is InChI=1S/C24H30N2O4/c1-4-30-23(29)24(13-11-19-9-6-5-7-10-19)12-8-14-26(16-24)22(28)20-17(2)15-18(3)25-21(20)27/h5-7,9-10,15H,4,8,11-14,16H2,1-3H3,(H,25,27)/t24-/m1/s1. The third kappa shape index (κ3) is 4.64. The average molecular weight is 411 g/mol. The number of aryl methyl sites for hydroxylation is 3. The second-order valence-electron chi connectivity index (χ2n) is 8.16. The van der Waals surface area contributed by atoms with Gasteiger partial charge in [0.05, 0.1) is 12.0 Å². The highest BCUT2D eigenvalue weighted by Crippen LogP contribution is 2.37. The number of nitrogens with one attached hydrogen (secondary N) is 1. The van der Waals surface area contributed by atoms with Gasteiger partial charge in [0, 0.05) is 18.8 Å². The molecule has 0 bridgehead atoms. The number of aromatic nitrogens is 1. The molecule has 2 heterocycles. The molecule has 1 atom stereocenters. The van der Waals surface area contributed by atoms with Gasteiger partial charge in [-0.3, -0.25) is 14.4 Å². The van der Waals surface area contributed by atoms with Crippen LogP contribution in [0, 0.1) is 19.3 Å². The van der Waals surface area contributed by atoms with Crippen LogP contribution in [0.1, 0.15) is 53.4 Å². The molecule has 0 saturated carbocycles. The summed E-state index contributed by atoms with van der Waals surface area (Å²) >= 11 is 0. The van der Waals surface area contributed by atoms with Gasteiger partial charge in [-0.05, 0) is 63.6 Å². The van der Waals surface area contributed by atoms with Crippen molar-refractivity contribution in [1.82, 2.24) is 9.88 Å². The number of ether oxygens (including phenoxy) is 1. The Bertz CT molecular complexity index is 967. The number of carbonyl (C=O) groups excluding carboxylic acids is 2. The molecule has 1 saturated heterocycles. The van der Waals surface area contributed by atoms with Crippen molar-refractivity contribution in [3.05, 3.63) is 69.1 Å². The predicted octanol–water partition coefficient (Wildman–Crippen LogP) is 3.41. The fourth-order valence-electron chi connectivity index (χ4n) is 4.37. The van der Waals surface area contributed by atoms with Crippen molar-refractivity contribution in [2.75, 3.05) is 19.7 Å². The highest BCUT2D eigenvalue weighted by Gasteiger charge is 2.44. The average Bonchev–Trinajstić information content (AvgIpc) is 2.72. The molecule has 1 fully saturated rings. The fraction of sp³-hybridized carbons (Fsp3) is 0.458. The van der Waals surface area contributed by atoms with E-state index < -0.39 is 5.41 Å². The van der Waals surface area contributed by atoms with Crippen molar-refractivity contribution in [2.45, 2.75) is 46.5 Å². The van der Waals surface area contributed by atoms with E-state index in [2.05, 4.69) is 4.98 Å². The second-order valence-corrected chi connectivity index (χ2v) is 8.16. The van der Waals surface area contributed by atoms with Gasteiger partial charge in [-0.25, -0.2) is 0 Å². The van der Waals surface area contributed by atoms with Gasteiger partial charge in [0.1, 0.15) is 5.56 Å². The van der Waals surface area contributed by atoms with Gasteiger partial charge in [0.25, 0.3) is 11.5 Å². The topological polar surface area (TPSA) is 79.5 Å². The minimum Gasteiger partial charge on any atom is -0.466 e. The number of rotatable bonds is 6. The zero-order valence-corrected chi connectivity index (χ0v) is 18.0. The number of nitrogens with zero attached hydrogens (tertiary/aromatic N) is 1. The maximum absolute atomic E-state index is 13.2. The molecule has 1 N–H and O–H groups in total. The fourth-order valence-corrected chi connectivity index (χ4v) is 4.37. The van der Waals surface area contributed by atoms with Crippen molar-refractivity contribution < 1.29 is 14.3 Å². The van der Waals surface area contributed by atoms with Crippen LogP contribution in [0.15, 0.2) is 41.2 Å². The van der Waals surface area contributed by atoms with Gasteiger partial charge in [0.15, 0.2) is 0 Å². The lowest BCUT2D eigenvalue weighted by atomic mass is 9.75. The summed E-state index contributed by atoms with van der Waals surface area (Å²) in [4.78, 5) is 43.1. The maximum atomic E-state index is 13.2. The summed E-state index contributed by atoms with van der Waals surface area (Å²) in [6.07, 6.45) is 2.70. The minimum absolute atomic E-state index is 0.156. The Balaban J connectivity index is 1.87. The molecule has 0 spiro atoms. The molecule has 1 aliphatic rings. The number of H-pyrrole nitrogens is 1. The van der Waals surface area contributed by atoms with Crippen LogP contribution in [-0.4, -0.2) is 41.5 Å². The van der Waals surface area contributed by atoms with Crippen LogP contribution < -0.4 is 5.56 Å². The first-order valence-corrected chi connectivity index (χ1v) is 10.6. The SMILES string of the molecule is CCOC(=O)[C@@]1(CCc2ccccc2)CCCN(C(=O)c2c(C)cc(C)[nH]c2=O)C1. The summed E-state index contributed by atoms with van der Waals surface area (Å²) in [5.74, 6) is -0.574. The molecule has 1 aromatic heterocycles. The van der Waals surface area contributed by atoms with E-state index in [1.54, 1.807) is 31.7 Å².